The van der Waals surface area contributed by atoms with Gasteiger partial charge in [-0.15, -0.1) is 0 Å². The maximum absolute atomic E-state index is 11.1. The van der Waals surface area contributed by atoms with Crippen molar-refractivity contribution in [3.63, 3.8) is 0 Å². The number of fused-ring (bicyclic) bond motifs is 1. The Morgan fingerprint density at radius 2 is 2.20 bits per heavy atom. The van der Waals surface area contributed by atoms with Gasteiger partial charge >= 0.3 is 0 Å². The molecule has 138 valence electrons. The van der Waals surface area contributed by atoms with E-state index in [0.29, 0.717) is 18.2 Å². The molecule has 6 heteroatoms. The maximum atomic E-state index is 11.1. The number of benzene rings is 1. The van der Waals surface area contributed by atoms with Crippen molar-refractivity contribution in [3.8, 4) is 5.75 Å². The van der Waals surface area contributed by atoms with Crippen LogP contribution in [0.15, 0.2) is 24.3 Å². The van der Waals surface area contributed by atoms with Crippen LogP contribution in [-0.2, 0) is 0 Å². The number of nitrogens with two attached hydrogens (primary N) is 1. The second-order valence-electron chi connectivity index (χ2n) is 7.29. The van der Waals surface area contributed by atoms with Gasteiger partial charge in [-0.3, -0.25) is 4.79 Å². The number of likely N-dealkylation sites (tertiary alicyclic amines) is 1. The molecule has 0 spiro atoms. The maximum Gasteiger partial charge on any atom is 0.248 e. The molecular formula is C19H29N3O3. The molecule has 2 heterocycles. The highest BCUT2D eigenvalue weighted by atomic mass is 16.5. The number of nitrogens with one attached hydrogen (secondary N) is 1. The number of hydrogen-bond acceptors (Lipinski definition) is 5. The van der Waals surface area contributed by atoms with E-state index in [4.69, 9.17) is 10.5 Å². The zero-order chi connectivity index (χ0) is 17.7. The molecule has 1 amide bonds. The summed E-state index contributed by atoms with van der Waals surface area (Å²) in [4.78, 5) is 13.5. The monoisotopic (exact) mass is 347 g/mol. The van der Waals surface area contributed by atoms with Crippen LogP contribution in [0.3, 0.4) is 0 Å². The highest BCUT2D eigenvalue weighted by molar-refractivity contribution is 5.92. The van der Waals surface area contributed by atoms with E-state index >= 15 is 0 Å². The van der Waals surface area contributed by atoms with Crippen molar-refractivity contribution < 1.29 is 14.6 Å². The molecule has 2 atom stereocenters. The van der Waals surface area contributed by atoms with Gasteiger partial charge in [-0.25, -0.2) is 0 Å². The highest BCUT2D eigenvalue weighted by Crippen LogP contribution is 2.37. The lowest BCUT2D eigenvalue weighted by Crippen LogP contribution is -2.61. The van der Waals surface area contributed by atoms with Gasteiger partial charge in [-0.05, 0) is 63.0 Å². The van der Waals surface area contributed by atoms with Crippen LogP contribution in [0.25, 0.3) is 0 Å². The Hall–Kier alpha value is -1.63. The SMILES string of the molecule is NC(=O)c1ccc(OCCCN2CC[C@H]3NCCC[C@]3(CO)C2)cc1. The molecule has 4 N–H and O–H groups in total. The molecule has 6 nitrogen and oxygen atoms in total. The molecule has 0 saturated carbocycles. The Bertz CT molecular complexity index is 578. The largest absolute Gasteiger partial charge is 0.494 e. The average molecular weight is 347 g/mol. The highest BCUT2D eigenvalue weighted by Gasteiger charge is 2.44. The Morgan fingerprint density at radius 1 is 1.40 bits per heavy atom. The molecule has 0 bridgehead atoms. The van der Waals surface area contributed by atoms with Crippen LogP contribution in [0, 0.1) is 5.41 Å². The van der Waals surface area contributed by atoms with Crippen LogP contribution in [0.1, 0.15) is 36.0 Å². The number of rotatable bonds is 7. The molecule has 2 aliphatic rings. The standard InChI is InChI=1S/C19H29N3O3/c20-18(24)15-3-5-16(6-4-15)25-12-2-10-22-11-7-17-19(13-22,14-23)8-1-9-21-17/h3-6,17,21,23H,1-2,7-14H2,(H2,20,24)/t17-,19-/m1/s1. The van der Waals surface area contributed by atoms with Gasteiger partial charge in [0.25, 0.3) is 0 Å². The average Bonchev–Trinajstić information content (AvgIpc) is 2.65. The summed E-state index contributed by atoms with van der Waals surface area (Å²) in [6.07, 6.45) is 4.31. The number of primary amides is 1. The van der Waals surface area contributed by atoms with E-state index in [1.165, 1.54) is 0 Å². The normalized spacial score (nSPS) is 26.8. The second kappa shape index (κ2) is 8.17. The van der Waals surface area contributed by atoms with Gasteiger partial charge in [-0.1, -0.05) is 0 Å². The number of carbonyl (C=O) groups excluding carboxylic acids is 1. The summed E-state index contributed by atoms with van der Waals surface area (Å²) in [6.45, 7) is 5.01. The van der Waals surface area contributed by atoms with E-state index in [1.54, 1.807) is 24.3 Å². The summed E-state index contributed by atoms with van der Waals surface area (Å²) in [7, 11) is 0. The van der Waals surface area contributed by atoms with Crippen molar-refractivity contribution in [2.24, 2.45) is 11.1 Å². The zero-order valence-corrected chi connectivity index (χ0v) is 14.7. The molecule has 2 saturated heterocycles. The first kappa shape index (κ1) is 18.2. The lowest BCUT2D eigenvalue weighted by atomic mass is 9.71. The summed E-state index contributed by atoms with van der Waals surface area (Å²) < 4.78 is 5.75. The van der Waals surface area contributed by atoms with E-state index in [1.807, 2.05) is 0 Å². The first-order valence-corrected chi connectivity index (χ1v) is 9.22. The van der Waals surface area contributed by atoms with Crippen LogP contribution in [0.4, 0.5) is 0 Å². The van der Waals surface area contributed by atoms with Crippen LogP contribution in [0.2, 0.25) is 0 Å². The van der Waals surface area contributed by atoms with Crippen molar-refractivity contribution in [1.82, 2.24) is 10.2 Å². The van der Waals surface area contributed by atoms with Gasteiger partial charge in [0.15, 0.2) is 0 Å². The number of hydrogen-bond donors (Lipinski definition) is 3. The summed E-state index contributed by atoms with van der Waals surface area (Å²) in [6, 6.07) is 7.38. The smallest absolute Gasteiger partial charge is 0.248 e. The van der Waals surface area contributed by atoms with Crippen molar-refractivity contribution in [1.29, 1.82) is 0 Å². The van der Waals surface area contributed by atoms with E-state index in [-0.39, 0.29) is 12.0 Å². The molecule has 1 aromatic rings. The van der Waals surface area contributed by atoms with Crippen molar-refractivity contribution in [3.05, 3.63) is 29.8 Å². The van der Waals surface area contributed by atoms with E-state index in [9.17, 15) is 9.90 Å². The molecule has 0 aromatic heterocycles. The van der Waals surface area contributed by atoms with Gasteiger partial charge in [0.05, 0.1) is 13.2 Å². The topological polar surface area (TPSA) is 87.8 Å². The molecule has 0 aliphatic carbocycles. The molecular weight excluding hydrogens is 318 g/mol. The second-order valence-corrected chi connectivity index (χ2v) is 7.29. The predicted molar refractivity (Wildman–Crippen MR) is 96.7 cm³/mol. The third-order valence-electron chi connectivity index (χ3n) is 5.60. The molecule has 1 aromatic carbocycles. The lowest BCUT2D eigenvalue weighted by molar-refractivity contribution is -0.0205. The third kappa shape index (κ3) is 4.32. The number of piperidine rings is 2. The van der Waals surface area contributed by atoms with Gasteiger partial charge in [-0.2, -0.15) is 0 Å². The molecule has 0 radical (unpaired) electrons. The summed E-state index contributed by atoms with van der Waals surface area (Å²) in [5, 5.41) is 13.5. The Balaban J connectivity index is 1.42. The number of amides is 1. The van der Waals surface area contributed by atoms with Crippen molar-refractivity contribution in [2.45, 2.75) is 31.7 Å². The van der Waals surface area contributed by atoms with E-state index in [2.05, 4.69) is 10.2 Å². The number of nitrogens with zero attached hydrogens (tertiary/aromatic N) is 1. The Morgan fingerprint density at radius 3 is 2.92 bits per heavy atom. The summed E-state index contributed by atoms with van der Waals surface area (Å²) in [5.41, 5.74) is 5.75. The predicted octanol–water partition coefficient (Wildman–Crippen LogP) is 0.991. The number of carbonyl (C=O) groups is 1. The van der Waals surface area contributed by atoms with Crippen LogP contribution >= 0.6 is 0 Å². The van der Waals surface area contributed by atoms with Gasteiger partial charge in [0.1, 0.15) is 5.75 Å². The van der Waals surface area contributed by atoms with Crippen LogP contribution in [-0.4, -0.2) is 61.3 Å². The summed E-state index contributed by atoms with van der Waals surface area (Å²) >= 11 is 0. The van der Waals surface area contributed by atoms with Crippen LogP contribution in [0.5, 0.6) is 5.75 Å². The third-order valence-corrected chi connectivity index (χ3v) is 5.60. The van der Waals surface area contributed by atoms with Gasteiger partial charge in [0.2, 0.25) is 5.91 Å². The fraction of sp³-hybridized carbons (Fsp3) is 0.632. The lowest BCUT2D eigenvalue weighted by Gasteiger charge is -2.50. The zero-order valence-electron chi connectivity index (χ0n) is 14.7. The van der Waals surface area contributed by atoms with E-state index < -0.39 is 5.91 Å². The quantitative estimate of drug-likeness (QED) is 0.640. The first-order valence-electron chi connectivity index (χ1n) is 9.22. The van der Waals surface area contributed by atoms with Gasteiger partial charge < -0.3 is 25.8 Å². The Labute approximate surface area is 149 Å². The molecule has 2 fully saturated rings. The summed E-state index contributed by atoms with van der Waals surface area (Å²) in [5.74, 6) is 0.331. The molecule has 25 heavy (non-hydrogen) atoms. The van der Waals surface area contributed by atoms with Crippen molar-refractivity contribution in [2.75, 3.05) is 39.4 Å². The van der Waals surface area contributed by atoms with Gasteiger partial charge in [0, 0.05) is 30.1 Å². The molecule has 3 rings (SSSR count). The molecule has 2 aliphatic heterocycles. The minimum atomic E-state index is -0.426. The van der Waals surface area contributed by atoms with E-state index in [0.717, 1.165) is 57.6 Å². The number of aliphatic hydroxyl groups is 1. The minimum Gasteiger partial charge on any atom is -0.494 e. The fourth-order valence-electron chi connectivity index (χ4n) is 4.16. The first-order chi connectivity index (χ1) is 12.1. The van der Waals surface area contributed by atoms with Crippen molar-refractivity contribution >= 4 is 5.91 Å². The minimum absolute atomic E-state index is 0.0297. The molecule has 0 unspecified atom stereocenters. The number of aliphatic hydroxyl groups excluding tert-OH is 1. The Kier molecular flexibility index (Phi) is 5.93. The fourth-order valence-corrected chi connectivity index (χ4v) is 4.16. The van der Waals surface area contributed by atoms with Crippen LogP contribution < -0.4 is 15.8 Å². The number of ether oxygens (including phenoxy) is 1.